The zero-order valence-corrected chi connectivity index (χ0v) is 9.62. The maximum atomic E-state index is 11.8. The van der Waals surface area contributed by atoms with Crippen molar-refractivity contribution in [2.24, 2.45) is 0 Å². The van der Waals surface area contributed by atoms with E-state index in [0.717, 1.165) is 12.0 Å². The SMILES string of the molecule is CCOC(C)C(=O)c1ccc(CC)cc1. The van der Waals surface area contributed by atoms with Crippen LogP contribution in [0.4, 0.5) is 0 Å². The Hall–Kier alpha value is -1.15. The number of ketones is 1. The standard InChI is InChI=1S/C13H18O2/c1-4-11-6-8-12(9-7-11)13(14)10(3)15-5-2/h6-10H,4-5H2,1-3H3. The van der Waals surface area contributed by atoms with Crippen molar-refractivity contribution in [2.45, 2.75) is 33.3 Å². The van der Waals surface area contributed by atoms with E-state index in [1.54, 1.807) is 6.92 Å². The molecule has 0 bridgehead atoms. The lowest BCUT2D eigenvalue weighted by molar-refractivity contribution is 0.0520. The van der Waals surface area contributed by atoms with Crippen LogP contribution in [0.2, 0.25) is 0 Å². The highest BCUT2D eigenvalue weighted by atomic mass is 16.5. The van der Waals surface area contributed by atoms with Gasteiger partial charge in [0.25, 0.3) is 0 Å². The van der Waals surface area contributed by atoms with Crippen LogP contribution >= 0.6 is 0 Å². The predicted octanol–water partition coefficient (Wildman–Crippen LogP) is 2.86. The highest BCUT2D eigenvalue weighted by Gasteiger charge is 2.14. The van der Waals surface area contributed by atoms with Gasteiger partial charge in [-0.05, 0) is 25.8 Å². The third-order valence-electron chi connectivity index (χ3n) is 2.43. The number of aryl methyl sites for hydroxylation is 1. The number of benzene rings is 1. The van der Waals surface area contributed by atoms with Gasteiger partial charge in [0.05, 0.1) is 0 Å². The molecule has 0 spiro atoms. The first-order chi connectivity index (χ1) is 7.19. The highest BCUT2D eigenvalue weighted by Crippen LogP contribution is 2.09. The average molecular weight is 206 g/mol. The molecular formula is C13H18O2. The van der Waals surface area contributed by atoms with E-state index < -0.39 is 0 Å². The van der Waals surface area contributed by atoms with Gasteiger partial charge in [0.1, 0.15) is 6.10 Å². The number of Topliss-reactive ketones (excluding diaryl/α,β-unsaturated/α-hetero) is 1. The topological polar surface area (TPSA) is 26.3 Å². The number of rotatable bonds is 5. The van der Waals surface area contributed by atoms with Crippen molar-refractivity contribution in [2.75, 3.05) is 6.61 Å². The summed E-state index contributed by atoms with van der Waals surface area (Å²) in [5.41, 5.74) is 1.98. The van der Waals surface area contributed by atoms with Crippen LogP contribution < -0.4 is 0 Å². The fraction of sp³-hybridized carbons (Fsp3) is 0.462. The van der Waals surface area contributed by atoms with Gasteiger partial charge < -0.3 is 4.74 Å². The van der Waals surface area contributed by atoms with Gasteiger partial charge in [0.15, 0.2) is 5.78 Å². The molecule has 1 aromatic carbocycles. The molecule has 0 N–H and O–H groups in total. The maximum absolute atomic E-state index is 11.8. The van der Waals surface area contributed by atoms with E-state index in [1.165, 1.54) is 5.56 Å². The number of carbonyl (C=O) groups excluding carboxylic acids is 1. The lowest BCUT2D eigenvalue weighted by Crippen LogP contribution is -2.20. The summed E-state index contributed by atoms with van der Waals surface area (Å²) in [6.45, 7) is 6.35. The summed E-state index contributed by atoms with van der Waals surface area (Å²) in [5.74, 6) is 0.0551. The normalized spacial score (nSPS) is 12.5. The summed E-state index contributed by atoms with van der Waals surface area (Å²) in [7, 11) is 0. The van der Waals surface area contributed by atoms with Crippen LogP contribution in [0.25, 0.3) is 0 Å². The van der Waals surface area contributed by atoms with Gasteiger partial charge in [-0.15, -0.1) is 0 Å². The van der Waals surface area contributed by atoms with Crippen LogP contribution in [0.1, 0.15) is 36.7 Å². The van der Waals surface area contributed by atoms with Gasteiger partial charge in [-0.2, -0.15) is 0 Å². The molecule has 0 saturated heterocycles. The van der Waals surface area contributed by atoms with E-state index in [4.69, 9.17) is 4.74 Å². The summed E-state index contributed by atoms with van der Waals surface area (Å²) in [4.78, 5) is 11.8. The molecular weight excluding hydrogens is 188 g/mol. The quantitative estimate of drug-likeness (QED) is 0.692. The lowest BCUT2D eigenvalue weighted by atomic mass is 10.0. The molecule has 0 aromatic heterocycles. The summed E-state index contributed by atoms with van der Waals surface area (Å²) in [6.07, 6.45) is 0.651. The van der Waals surface area contributed by atoms with Crippen molar-refractivity contribution >= 4 is 5.78 Å². The van der Waals surface area contributed by atoms with Crippen molar-refractivity contribution in [3.63, 3.8) is 0 Å². The van der Waals surface area contributed by atoms with Gasteiger partial charge >= 0.3 is 0 Å². The van der Waals surface area contributed by atoms with Gasteiger partial charge in [-0.3, -0.25) is 4.79 Å². The van der Waals surface area contributed by atoms with Crippen LogP contribution in [-0.2, 0) is 11.2 Å². The molecule has 0 aliphatic carbocycles. The Morgan fingerprint density at radius 2 is 1.87 bits per heavy atom. The largest absolute Gasteiger partial charge is 0.371 e. The molecule has 0 fully saturated rings. The van der Waals surface area contributed by atoms with Crippen LogP contribution in [-0.4, -0.2) is 18.5 Å². The Bertz CT molecular complexity index is 314. The first-order valence-corrected chi connectivity index (χ1v) is 5.43. The number of ether oxygens (including phenoxy) is 1. The van der Waals surface area contributed by atoms with Crippen LogP contribution in [0, 0.1) is 0 Å². The minimum absolute atomic E-state index is 0.0551. The molecule has 2 nitrogen and oxygen atoms in total. The molecule has 1 unspecified atom stereocenters. The minimum atomic E-state index is -0.345. The molecule has 1 rings (SSSR count). The van der Waals surface area contributed by atoms with Gasteiger partial charge in [0.2, 0.25) is 0 Å². The molecule has 0 aliphatic heterocycles. The Morgan fingerprint density at radius 3 is 2.33 bits per heavy atom. The number of hydrogen-bond acceptors (Lipinski definition) is 2. The van der Waals surface area contributed by atoms with Gasteiger partial charge in [0, 0.05) is 12.2 Å². The molecule has 0 aliphatic rings. The van der Waals surface area contributed by atoms with E-state index in [9.17, 15) is 4.79 Å². The van der Waals surface area contributed by atoms with Crippen molar-refractivity contribution in [1.82, 2.24) is 0 Å². The van der Waals surface area contributed by atoms with E-state index in [-0.39, 0.29) is 11.9 Å². The fourth-order valence-corrected chi connectivity index (χ4v) is 1.47. The minimum Gasteiger partial charge on any atom is -0.371 e. The predicted molar refractivity (Wildman–Crippen MR) is 61.2 cm³/mol. The Balaban J connectivity index is 2.73. The van der Waals surface area contributed by atoms with Crippen molar-refractivity contribution < 1.29 is 9.53 Å². The first-order valence-electron chi connectivity index (χ1n) is 5.43. The summed E-state index contributed by atoms with van der Waals surface area (Å²) >= 11 is 0. The van der Waals surface area contributed by atoms with Crippen LogP contribution in [0.3, 0.4) is 0 Å². The summed E-state index contributed by atoms with van der Waals surface area (Å²) in [5, 5.41) is 0. The highest BCUT2D eigenvalue weighted by molar-refractivity contribution is 5.99. The van der Waals surface area contributed by atoms with Crippen molar-refractivity contribution in [3.8, 4) is 0 Å². The van der Waals surface area contributed by atoms with E-state index in [0.29, 0.717) is 6.61 Å². The zero-order chi connectivity index (χ0) is 11.3. The number of hydrogen-bond donors (Lipinski definition) is 0. The average Bonchev–Trinajstić information content (AvgIpc) is 2.28. The second kappa shape index (κ2) is 5.66. The second-order valence-corrected chi connectivity index (χ2v) is 3.51. The molecule has 1 aromatic rings. The maximum Gasteiger partial charge on any atom is 0.191 e. The van der Waals surface area contributed by atoms with E-state index >= 15 is 0 Å². The molecule has 2 heteroatoms. The summed E-state index contributed by atoms with van der Waals surface area (Å²) < 4.78 is 5.27. The van der Waals surface area contributed by atoms with Gasteiger partial charge in [-0.1, -0.05) is 31.2 Å². The van der Waals surface area contributed by atoms with E-state index in [2.05, 4.69) is 6.92 Å². The van der Waals surface area contributed by atoms with Crippen molar-refractivity contribution in [3.05, 3.63) is 35.4 Å². The third-order valence-corrected chi connectivity index (χ3v) is 2.43. The third kappa shape index (κ3) is 3.17. The molecule has 1 atom stereocenters. The Morgan fingerprint density at radius 1 is 1.27 bits per heavy atom. The monoisotopic (exact) mass is 206 g/mol. The molecule has 0 radical (unpaired) electrons. The molecule has 15 heavy (non-hydrogen) atoms. The molecule has 0 amide bonds. The van der Waals surface area contributed by atoms with Crippen LogP contribution in [0.5, 0.6) is 0 Å². The van der Waals surface area contributed by atoms with Gasteiger partial charge in [-0.25, -0.2) is 0 Å². The molecule has 0 heterocycles. The molecule has 82 valence electrons. The van der Waals surface area contributed by atoms with Crippen LogP contribution in [0.15, 0.2) is 24.3 Å². The second-order valence-electron chi connectivity index (χ2n) is 3.51. The smallest absolute Gasteiger partial charge is 0.191 e. The summed E-state index contributed by atoms with van der Waals surface area (Å²) in [6, 6.07) is 7.73. The zero-order valence-electron chi connectivity index (χ0n) is 9.62. The lowest BCUT2D eigenvalue weighted by Gasteiger charge is -2.10. The van der Waals surface area contributed by atoms with Crippen molar-refractivity contribution in [1.29, 1.82) is 0 Å². The Labute approximate surface area is 91.3 Å². The Kier molecular flexibility index (Phi) is 4.50. The first kappa shape index (κ1) is 11.9. The molecule has 0 saturated carbocycles. The fourth-order valence-electron chi connectivity index (χ4n) is 1.47. The van der Waals surface area contributed by atoms with E-state index in [1.807, 2.05) is 31.2 Å². The number of carbonyl (C=O) groups is 1.